The Bertz CT molecular complexity index is 780. The van der Waals surface area contributed by atoms with Crippen LogP contribution in [0.25, 0.3) is 16.9 Å². The number of rotatable bonds is 1. The van der Waals surface area contributed by atoms with E-state index in [9.17, 15) is 0 Å². The highest BCUT2D eigenvalue weighted by atomic mass is 79.9. The molecule has 0 amide bonds. The van der Waals surface area contributed by atoms with Gasteiger partial charge in [-0.25, -0.2) is 4.98 Å². The van der Waals surface area contributed by atoms with Crippen molar-refractivity contribution in [2.75, 3.05) is 5.73 Å². The highest BCUT2D eigenvalue weighted by molar-refractivity contribution is 9.10. The maximum atomic E-state index is 6.16. The number of nitrogens with zero attached hydrogens (tertiary/aromatic N) is 2. The molecule has 0 aliphatic heterocycles. The lowest BCUT2D eigenvalue weighted by Gasteiger charge is -2.02. The van der Waals surface area contributed by atoms with Crippen molar-refractivity contribution in [2.45, 2.75) is 6.92 Å². The van der Waals surface area contributed by atoms with Crippen molar-refractivity contribution in [3.63, 3.8) is 0 Å². The third-order valence-electron chi connectivity index (χ3n) is 3.06. The molecule has 0 saturated carbocycles. The molecule has 3 rings (SSSR count). The zero-order chi connectivity index (χ0) is 13.6. The van der Waals surface area contributed by atoms with E-state index < -0.39 is 0 Å². The van der Waals surface area contributed by atoms with Gasteiger partial charge in [-0.2, -0.15) is 0 Å². The number of pyridine rings is 1. The van der Waals surface area contributed by atoms with E-state index in [0.717, 1.165) is 32.0 Å². The first-order valence-corrected chi connectivity index (χ1v) is 6.93. The Morgan fingerprint density at radius 3 is 2.79 bits per heavy atom. The lowest BCUT2D eigenvalue weighted by atomic mass is 10.1. The van der Waals surface area contributed by atoms with E-state index in [1.165, 1.54) is 0 Å². The fraction of sp³-hybridized carbons (Fsp3) is 0.0714. The minimum Gasteiger partial charge on any atom is -0.383 e. The number of fused-ring (bicyclic) bond motifs is 1. The molecule has 3 aromatic rings. The number of anilines is 1. The molecule has 96 valence electrons. The summed E-state index contributed by atoms with van der Waals surface area (Å²) in [6.45, 7) is 1.97. The minimum absolute atomic E-state index is 0.608. The third-order valence-corrected chi connectivity index (χ3v) is 3.94. The van der Waals surface area contributed by atoms with Gasteiger partial charge in [0.05, 0.1) is 0 Å². The molecule has 5 heteroatoms. The molecule has 0 aliphatic rings. The third kappa shape index (κ3) is 2.11. The number of nitrogens with two attached hydrogens (primary N) is 1. The molecule has 1 aromatic carbocycles. The number of hydrogen-bond acceptors (Lipinski definition) is 2. The van der Waals surface area contributed by atoms with Gasteiger partial charge in [-0.1, -0.05) is 23.7 Å². The summed E-state index contributed by atoms with van der Waals surface area (Å²) in [5, 5.41) is 0.718. The maximum Gasteiger partial charge on any atom is 0.139 e. The summed E-state index contributed by atoms with van der Waals surface area (Å²) < 4.78 is 2.81. The standard InChI is InChI=1S/C14H11BrClN3/c1-8-2-3-9(6-11(8)16)13-14(17)19-7-10(15)4-5-12(19)18-13/h2-7H,17H2,1H3. The summed E-state index contributed by atoms with van der Waals surface area (Å²) in [7, 11) is 0. The summed E-state index contributed by atoms with van der Waals surface area (Å²) in [5.74, 6) is 0.608. The smallest absolute Gasteiger partial charge is 0.139 e. The van der Waals surface area contributed by atoms with Crippen molar-refractivity contribution in [3.8, 4) is 11.3 Å². The monoisotopic (exact) mass is 335 g/mol. The van der Waals surface area contributed by atoms with E-state index in [1.54, 1.807) is 0 Å². The van der Waals surface area contributed by atoms with Crippen LogP contribution in [0.5, 0.6) is 0 Å². The van der Waals surface area contributed by atoms with Gasteiger partial charge in [-0.05, 0) is 46.6 Å². The fourth-order valence-electron chi connectivity index (χ4n) is 1.99. The Morgan fingerprint density at radius 2 is 2.05 bits per heavy atom. The van der Waals surface area contributed by atoms with Crippen LogP contribution in [-0.4, -0.2) is 9.38 Å². The SMILES string of the molecule is Cc1ccc(-c2nc3ccc(Br)cn3c2N)cc1Cl. The predicted molar refractivity (Wildman–Crippen MR) is 82.5 cm³/mol. The summed E-state index contributed by atoms with van der Waals surface area (Å²) in [6.07, 6.45) is 1.90. The molecule has 0 atom stereocenters. The molecule has 2 aromatic heterocycles. The summed E-state index contributed by atoms with van der Waals surface area (Å²) in [6, 6.07) is 9.70. The van der Waals surface area contributed by atoms with E-state index >= 15 is 0 Å². The zero-order valence-corrected chi connectivity index (χ0v) is 12.5. The average Bonchev–Trinajstić information content (AvgIpc) is 2.70. The van der Waals surface area contributed by atoms with Crippen LogP contribution >= 0.6 is 27.5 Å². The van der Waals surface area contributed by atoms with Crippen LogP contribution in [0.2, 0.25) is 5.02 Å². The summed E-state index contributed by atoms with van der Waals surface area (Å²) in [5.41, 5.74) is 9.69. The van der Waals surface area contributed by atoms with Gasteiger partial charge in [-0.3, -0.25) is 4.40 Å². The van der Waals surface area contributed by atoms with E-state index in [-0.39, 0.29) is 0 Å². The molecule has 3 nitrogen and oxygen atoms in total. The Balaban J connectivity index is 2.24. The second-order valence-corrected chi connectivity index (χ2v) is 5.71. The molecule has 0 radical (unpaired) electrons. The number of aryl methyl sites for hydroxylation is 1. The molecule has 0 unspecified atom stereocenters. The van der Waals surface area contributed by atoms with E-state index in [4.69, 9.17) is 17.3 Å². The molecule has 0 bridgehead atoms. The van der Waals surface area contributed by atoms with E-state index in [2.05, 4.69) is 20.9 Å². The topological polar surface area (TPSA) is 43.3 Å². The van der Waals surface area contributed by atoms with Gasteiger partial charge in [-0.15, -0.1) is 0 Å². The second kappa shape index (κ2) is 4.54. The number of imidazole rings is 1. The maximum absolute atomic E-state index is 6.16. The Labute approximate surface area is 124 Å². The van der Waals surface area contributed by atoms with Crippen LogP contribution in [-0.2, 0) is 0 Å². The zero-order valence-electron chi connectivity index (χ0n) is 10.2. The van der Waals surface area contributed by atoms with Crippen molar-refractivity contribution < 1.29 is 0 Å². The first-order chi connectivity index (χ1) is 9.06. The average molecular weight is 337 g/mol. The molecule has 0 aliphatic carbocycles. The van der Waals surface area contributed by atoms with Gasteiger partial charge in [0.1, 0.15) is 17.2 Å². The minimum atomic E-state index is 0.608. The largest absolute Gasteiger partial charge is 0.383 e. The van der Waals surface area contributed by atoms with Crippen LogP contribution in [0.3, 0.4) is 0 Å². The van der Waals surface area contributed by atoms with E-state index in [0.29, 0.717) is 5.82 Å². The van der Waals surface area contributed by atoms with Gasteiger partial charge >= 0.3 is 0 Å². The van der Waals surface area contributed by atoms with Crippen LogP contribution in [0.15, 0.2) is 41.0 Å². The van der Waals surface area contributed by atoms with Crippen molar-refractivity contribution in [3.05, 3.63) is 51.6 Å². The number of benzene rings is 1. The lowest BCUT2D eigenvalue weighted by molar-refractivity contribution is 1.18. The van der Waals surface area contributed by atoms with Gasteiger partial charge in [0.15, 0.2) is 0 Å². The van der Waals surface area contributed by atoms with Crippen molar-refractivity contribution in [2.24, 2.45) is 0 Å². The normalized spacial score (nSPS) is 11.1. The molecule has 0 saturated heterocycles. The van der Waals surface area contributed by atoms with Crippen molar-refractivity contribution >= 4 is 39.0 Å². The highest BCUT2D eigenvalue weighted by Crippen LogP contribution is 2.30. The molecular formula is C14H11BrClN3. The number of nitrogen functional groups attached to an aromatic ring is 1. The first-order valence-electron chi connectivity index (χ1n) is 5.76. The fourth-order valence-corrected chi connectivity index (χ4v) is 2.51. The molecule has 0 fully saturated rings. The Hall–Kier alpha value is -1.52. The summed E-state index contributed by atoms with van der Waals surface area (Å²) in [4.78, 5) is 4.55. The molecule has 19 heavy (non-hydrogen) atoms. The molecule has 2 N–H and O–H groups in total. The van der Waals surface area contributed by atoms with Crippen LogP contribution in [0.1, 0.15) is 5.56 Å². The van der Waals surface area contributed by atoms with Gasteiger partial charge in [0.2, 0.25) is 0 Å². The Kier molecular flexibility index (Phi) is 2.99. The van der Waals surface area contributed by atoms with Crippen molar-refractivity contribution in [1.82, 2.24) is 9.38 Å². The van der Waals surface area contributed by atoms with Crippen molar-refractivity contribution in [1.29, 1.82) is 0 Å². The number of aromatic nitrogens is 2. The molecular weight excluding hydrogens is 326 g/mol. The lowest BCUT2D eigenvalue weighted by Crippen LogP contribution is -1.94. The van der Waals surface area contributed by atoms with Crippen LogP contribution in [0, 0.1) is 6.92 Å². The second-order valence-electron chi connectivity index (χ2n) is 4.39. The number of halogens is 2. The molecule has 0 spiro atoms. The predicted octanol–water partition coefficient (Wildman–Crippen LogP) is 4.31. The van der Waals surface area contributed by atoms with E-state index in [1.807, 2.05) is 47.9 Å². The quantitative estimate of drug-likeness (QED) is 0.719. The summed E-state index contributed by atoms with van der Waals surface area (Å²) >= 11 is 9.59. The van der Waals surface area contributed by atoms with Crippen LogP contribution < -0.4 is 5.73 Å². The Morgan fingerprint density at radius 1 is 1.26 bits per heavy atom. The highest BCUT2D eigenvalue weighted by Gasteiger charge is 2.12. The van der Waals surface area contributed by atoms with Crippen LogP contribution in [0.4, 0.5) is 5.82 Å². The van der Waals surface area contributed by atoms with Gasteiger partial charge in [0.25, 0.3) is 0 Å². The molecule has 2 heterocycles. The van der Waals surface area contributed by atoms with Gasteiger partial charge < -0.3 is 5.73 Å². The number of hydrogen-bond donors (Lipinski definition) is 1. The first kappa shape index (κ1) is 12.5. The van der Waals surface area contributed by atoms with Gasteiger partial charge in [0, 0.05) is 21.3 Å².